The molecule has 2 heterocycles. The Balaban J connectivity index is 2.17. The quantitative estimate of drug-likeness (QED) is 0.800. The summed E-state index contributed by atoms with van der Waals surface area (Å²) in [5.74, 6) is 0.796. The van der Waals surface area contributed by atoms with Gasteiger partial charge >= 0.3 is 0 Å². The number of pyridine rings is 1. The number of nitrogens with two attached hydrogens (primary N) is 1. The van der Waals surface area contributed by atoms with Gasteiger partial charge < -0.3 is 5.73 Å². The molecule has 0 aliphatic carbocycles. The minimum Gasteiger partial charge on any atom is -0.325 e. The highest BCUT2D eigenvalue weighted by Gasteiger charge is 1.99. The average molecular weight is 200 g/mol. The Hall–Kier alpha value is -1.81. The first-order valence-corrected chi connectivity index (χ1v) is 4.78. The van der Waals surface area contributed by atoms with Crippen LogP contribution >= 0.6 is 0 Å². The van der Waals surface area contributed by atoms with Crippen molar-refractivity contribution in [1.29, 1.82) is 0 Å². The minimum absolute atomic E-state index is 0.450. The molecule has 0 atom stereocenters. The first kappa shape index (κ1) is 9.73. The lowest BCUT2D eigenvalue weighted by molar-refractivity contribution is 0.890. The Morgan fingerprint density at radius 3 is 2.60 bits per heavy atom. The van der Waals surface area contributed by atoms with Crippen LogP contribution in [0.2, 0.25) is 0 Å². The third-order valence-electron chi connectivity index (χ3n) is 2.08. The first-order valence-electron chi connectivity index (χ1n) is 4.78. The van der Waals surface area contributed by atoms with E-state index in [0.29, 0.717) is 6.54 Å². The van der Waals surface area contributed by atoms with Gasteiger partial charge in [0.1, 0.15) is 5.82 Å². The SMILES string of the molecule is NCc1ccnc(Cc2ccncc2)n1. The molecule has 0 aromatic carbocycles. The molecule has 4 nitrogen and oxygen atoms in total. The molecule has 2 aromatic rings. The van der Waals surface area contributed by atoms with E-state index >= 15 is 0 Å². The van der Waals surface area contributed by atoms with Gasteiger partial charge in [-0.2, -0.15) is 0 Å². The second kappa shape index (κ2) is 4.61. The molecular weight excluding hydrogens is 188 g/mol. The van der Waals surface area contributed by atoms with Crippen LogP contribution in [-0.2, 0) is 13.0 Å². The molecule has 0 bridgehead atoms. The van der Waals surface area contributed by atoms with Crippen molar-refractivity contribution in [2.24, 2.45) is 5.73 Å². The summed E-state index contributed by atoms with van der Waals surface area (Å²) in [7, 11) is 0. The van der Waals surface area contributed by atoms with Crippen molar-refractivity contribution < 1.29 is 0 Å². The van der Waals surface area contributed by atoms with Gasteiger partial charge in [-0.3, -0.25) is 4.98 Å². The van der Waals surface area contributed by atoms with Gasteiger partial charge in [0.25, 0.3) is 0 Å². The fourth-order valence-corrected chi connectivity index (χ4v) is 1.32. The Labute approximate surface area is 88.2 Å². The third-order valence-corrected chi connectivity index (χ3v) is 2.08. The molecule has 2 N–H and O–H groups in total. The van der Waals surface area contributed by atoms with E-state index in [1.54, 1.807) is 18.6 Å². The second-order valence-corrected chi connectivity index (χ2v) is 3.20. The van der Waals surface area contributed by atoms with E-state index in [1.807, 2.05) is 18.2 Å². The average Bonchev–Trinajstić information content (AvgIpc) is 2.31. The zero-order valence-electron chi connectivity index (χ0n) is 8.30. The number of hydrogen-bond acceptors (Lipinski definition) is 4. The van der Waals surface area contributed by atoms with Crippen LogP contribution in [0.25, 0.3) is 0 Å². The Morgan fingerprint density at radius 1 is 1.07 bits per heavy atom. The molecule has 76 valence electrons. The predicted octanol–water partition coefficient (Wildman–Crippen LogP) is 0.921. The van der Waals surface area contributed by atoms with Crippen LogP contribution in [0, 0.1) is 0 Å². The smallest absolute Gasteiger partial charge is 0.132 e. The molecule has 0 amide bonds. The summed E-state index contributed by atoms with van der Waals surface area (Å²) in [4.78, 5) is 12.5. The molecule has 0 radical (unpaired) electrons. The van der Waals surface area contributed by atoms with E-state index in [0.717, 1.165) is 23.5 Å². The predicted molar refractivity (Wildman–Crippen MR) is 57.0 cm³/mol. The summed E-state index contributed by atoms with van der Waals surface area (Å²) in [6.45, 7) is 0.450. The van der Waals surface area contributed by atoms with Gasteiger partial charge in [-0.1, -0.05) is 0 Å². The van der Waals surface area contributed by atoms with E-state index < -0.39 is 0 Å². The zero-order valence-corrected chi connectivity index (χ0v) is 8.30. The van der Waals surface area contributed by atoms with Crippen molar-refractivity contribution >= 4 is 0 Å². The van der Waals surface area contributed by atoms with Crippen LogP contribution in [0.3, 0.4) is 0 Å². The number of rotatable bonds is 3. The summed E-state index contributed by atoms with van der Waals surface area (Å²) in [6, 6.07) is 5.74. The van der Waals surface area contributed by atoms with Crippen LogP contribution < -0.4 is 5.73 Å². The fourth-order valence-electron chi connectivity index (χ4n) is 1.32. The lowest BCUT2D eigenvalue weighted by Crippen LogP contribution is -2.04. The molecule has 0 saturated carbocycles. The van der Waals surface area contributed by atoms with E-state index in [1.165, 1.54) is 0 Å². The molecule has 0 unspecified atom stereocenters. The molecule has 0 spiro atoms. The number of nitrogens with zero attached hydrogens (tertiary/aromatic N) is 3. The van der Waals surface area contributed by atoms with Crippen molar-refractivity contribution in [2.45, 2.75) is 13.0 Å². The minimum atomic E-state index is 0.450. The van der Waals surface area contributed by atoms with Gasteiger partial charge in [0.15, 0.2) is 0 Å². The van der Waals surface area contributed by atoms with Gasteiger partial charge in [0.2, 0.25) is 0 Å². The highest BCUT2D eigenvalue weighted by molar-refractivity contribution is 5.16. The first-order chi connectivity index (χ1) is 7.38. The Kier molecular flexibility index (Phi) is 2.99. The molecule has 2 rings (SSSR count). The zero-order chi connectivity index (χ0) is 10.5. The number of aromatic nitrogens is 3. The van der Waals surface area contributed by atoms with Gasteiger partial charge in [-0.15, -0.1) is 0 Å². The third kappa shape index (κ3) is 2.57. The molecule has 4 heteroatoms. The standard InChI is InChI=1S/C11H12N4/c12-8-10-3-6-14-11(15-10)7-9-1-4-13-5-2-9/h1-6H,7-8,12H2. The molecule has 0 aliphatic rings. The van der Waals surface area contributed by atoms with E-state index in [2.05, 4.69) is 15.0 Å². The van der Waals surface area contributed by atoms with Gasteiger partial charge in [-0.25, -0.2) is 9.97 Å². The molecule has 2 aromatic heterocycles. The van der Waals surface area contributed by atoms with Gasteiger partial charge in [0.05, 0.1) is 5.69 Å². The molecular formula is C11H12N4. The summed E-state index contributed by atoms with van der Waals surface area (Å²) in [6.07, 6.45) is 5.99. The van der Waals surface area contributed by atoms with Crippen molar-refractivity contribution in [1.82, 2.24) is 15.0 Å². The monoisotopic (exact) mass is 200 g/mol. The van der Waals surface area contributed by atoms with Gasteiger partial charge in [-0.05, 0) is 23.8 Å². The van der Waals surface area contributed by atoms with Crippen molar-refractivity contribution in [3.8, 4) is 0 Å². The maximum Gasteiger partial charge on any atom is 0.132 e. The second-order valence-electron chi connectivity index (χ2n) is 3.20. The van der Waals surface area contributed by atoms with Crippen molar-refractivity contribution in [3.05, 3.63) is 53.9 Å². The summed E-state index contributed by atoms with van der Waals surface area (Å²) in [5, 5.41) is 0. The lowest BCUT2D eigenvalue weighted by atomic mass is 10.2. The van der Waals surface area contributed by atoms with Crippen LogP contribution in [0.5, 0.6) is 0 Å². The highest BCUT2D eigenvalue weighted by atomic mass is 14.9. The maximum atomic E-state index is 5.51. The van der Waals surface area contributed by atoms with Crippen molar-refractivity contribution in [3.63, 3.8) is 0 Å². The van der Waals surface area contributed by atoms with Crippen LogP contribution in [0.1, 0.15) is 17.1 Å². The highest BCUT2D eigenvalue weighted by Crippen LogP contribution is 2.04. The van der Waals surface area contributed by atoms with Crippen LogP contribution in [0.4, 0.5) is 0 Å². The molecule has 0 fully saturated rings. The molecule has 15 heavy (non-hydrogen) atoms. The Morgan fingerprint density at radius 2 is 1.87 bits per heavy atom. The molecule has 0 saturated heterocycles. The Bertz CT molecular complexity index is 428. The van der Waals surface area contributed by atoms with Crippen molar-refractivity contribution in [2.75, 3.05) is 0 Å². The van der Waals surface area contributed by atoms with Crippen LogP contribution in [-0.4, -0.2) is 15.0 Å². The van der Waals surface area contributed by atoms with E-state index in [4.69, 9.17) is 5.73 Å². The summed E-state index contributed by atoms with van der Waals surface area (Å²) >= 11 is 0. The van der Waals surface area contributed by atoms with Crippen LogP contribution in [0.15, 0.2) is 36.8 Å². The van der Waals surface area contributed by atoms with E-state index in [-0.39, 0.29) is 0 Å². The normalized spacial score (nSPS) is 10.2. The summed E-state index contributed by atoms with van der Waals surface area (Å²) < 4.78 is 0. The van der Waals surface area contributed by atoms with E-state index in [9.17, 15) is 0 Å². The number of hydrogen-bond donors (Lipinski definition) is 1. The fraction of sp³-hybridized carbons (Fsp3) is 0.182. The largest absolute Gasteiger partial charge is 0.325 e. The summed E-state index contributed by atoms with van der Waals surface area (Å²) in [5.41, 5.74) is 7.53. The molecule has 0 aliphatic heterocycles. The maximum absolute atomic E-state index is 5.51. The lowest BCUT2D eigenvalue weighted by Gasteiger charge is -2.01. The van der Waals surface area contributed by atoms with Gasteiger partial charge in [0, 0.05) is 31.6 Å². The topological polar surface area (TPSA) is 64.7 Å².